The topological polar surface area (TPSA) is 55.6 Å². The Morgan fingerprint density at radius 3 is 2.91 bits per heavy atom. The number of amides is 1. The van der Waals surface area contributed by atoms with Gasteiger partial charge in [-0.1, -0.05) is 0 Å². The Balaban J connectivity index is 1.93. The minimum Gasteiger partial charge on any atom is -0.385 e. The molecule has 0 saturated carbocycles. The summed E-state index contributed by atoms with van der Waals surface area (Å²) in [5, 5.41) is 4.74. The van der Waals surface area contributed by atoms with Gasteiger partial charge in [0.25, 0.3) is 5.91 Å². The first-order chi connectivity index (χ1) is 11.2. The molecular formula is C16H16FN3O2S. The number of fused-ring (bicyclic) bond motifs is 1. The second kappa shape index (κ2) is 6.89. The number of hydrogen-bond acceptors (Lipinski definition) is 4. The molecule has 0 aliphatic heterocycles. The maximum absolute atomic E-state index is 13.2. The van der Waals surface area contributed by atoms with Crippen molar-refractivity contribution in [1.29, 1.82) is 0 Å². The molecule has 0 fully saturated rings. The SMILES string of the molecule is COCCCNC(=O)c1nc2sccn2c1-c1ccc(F)cc1. The molecule has 3 rings (SSSR count). The fourth-order valence-corrected chi connectivity index (χ4v) is 3.04. The molecule has 1 amide bonds. The molecule has 120 valence electrons. The van der Waals surface area contributed by atoms with Gasteiger partial charge in [-0.05, 0) is 30.7 Å². The molecule has 2 aromatic heterocycles. The molecule has 7 heteroatoms. The number of halogens is 1. The molecule has 0 radical (unpaired) electrons. The van der Waals surface area contributed by atoms with Gasteiger partial charge in [-0.25, -0.2) is 9.37 Å². The molecule has 1 aromatic carbocycles. The normalized spacial score (nSPS) is 11.0. The highest BCUT2D eigenvalue weighted by Crippen LogP contribution is 2.27. The molecule has 0 unspecified atom stereocenters. The van der Waals surface area contributed by atoms with Crippen molar-refractivity contribution in [3.8, 4) is 11.3 Å². The van der Waals surface area contributed by atoms with Gasteiger partial charge in [0.15, 0.2) is 10.7 Å². The number of ether oxygens (including phenoxy) is 1. The van der Waals surface area contributed by atoms with Crippen LogP contribution in [0.3, 0.4) is 0 Å². The summed E-state index contributed by atoms with van der Waals surface area (Å²) >= 11 is 1.45. The molecule has 0 aliphatic carbocycles. The third-order valence-electron chi connectivity index (χ3n) is 3.41. The Morgan fingerprint density at radius 1 is 1.39 bits per heavy atom. The number of rotatable bonds is 6. The first-order valence-electron chi connectivity index (χ1n) is 7.19. The van der Waals surface area contributed by atoms with Crippen LogP contribution >= 0.6 is 11.3 Å². The minimum atomic E-state index is -0.314. The lowest BCUT2D eigenvalue weighted by Gasteiger charge is -2.06. The molecular weight excluding hydrogens is 317 g/mol. The third-order valence-corrected chi connectivity index (χ3v) is 4.16. The fourth-order valence-electron chi connectivity index (χ4n) is 2.33. The molecule has 2 heterocycles. The van der Waals surface area contributed by atoms with E-state index in [-0.39, 0.29) is 11.7 Å². The molecule has 23 heavy (non-hydrogen) atoms. The Kier molecular flexibility index (Phi) is 4.68. The molecule has 5 nitrogen and oxygen atoms in total. The van der Waals surface area contributed by atoms with Crippen LogP contribution in [0, 0.1) is 5.82 Å². The summed E-state index contributed by atoms with van der Waals surface area (Å²) in [7, 11) is 1.62. The van der Waals surface area contributed by atoms with Gasteiger partial charge in [-0.15, -0.1) is 11.3 Å². The third kappa shape index (κ3) is 3.25. The lowest BCUT2D eigenvalue weighted by Crippen LogP contribution is -2.26. The number of nitrogens with one attached hydrogen (secondary N) is 1. The number of carbonyl (C=O) groups excluding carboxylic acids is 1. The van der Waals surface area contributed by atoms with Crippen LogP contribution in [-0.4, -0.2) is 35.6 Å². The summed E-state index contributed by atoms with van der Waals surface area (Å²) in [5.74, 6) is -0.554. The molecule has 0 aliphatic rings. The predicted molar refractivity (Wildman–Crippen MR) is 87.3 cm³/mol. The number of benzene rings is 1. The maximum atomic E-state index is 13.2. The lowest BCUT2D eigenvalue weighted by molar-refractivity contribution is 0.0945. The maximum Gasteiger partial charge on any atom is 0.272 e. The van der Waals surface area contributed by atoms with Crippen molar-refractivity contribution in [3.63, 3.8) is 0 Å². The molecule has 0 bridgehead atoms. The average Bonchev–Trinajstić information content (AvgIpc) is 3.13. The van der Waals surface area contributed by atoms with Crippen LogP contribution in [0.15, 0.2) is 35.8 Å². The highest BCUT2D eigenvalue weighted by Gasteiger charge is 2.20. The molecule has 0 saturated heterocycles. The van der Waals surface area contributed by atoms with Crippen LogP contribution in [0.4, 0.5) is 4.39 Å². The van der Waals surface area contributed by atoms with E-state index in [2.05, 4.69) is 10.3 Å². The number of thiazole rings is 1. The van der Waals surface area contributed by atoms with E-state index in [0.717, 1.165) is 16.9 Å². The number of aromatic nitrogens is 2. The zero-order chi connectivity index (χ0) is 16.2. The first-order valence-corrected chi connectivity index (χ1v) is 8.07. The van der Waals surface area contributed by atoms with Crippen LogP contribution < -0.4 is 5.32 Å². The van der Waals surface area contributed by atoms with Crippen LogP contribution in [0.2, 0.25) is 0 Å². The van der Waals surface area contributed by atoms with E-state index in [1.54, 1.807) is 19.2 Å². The van der Waals surface area contributed by atoms with Crippen LogP contribution in [0.25, 0.3) is 16.2 Å². The van der Waals surface area contributed by atoms with Crippen molar-refractivity contribution >= 4 is 22.2 Å². The van der Waals surface area contributed by atoms with Crippen molar-refractivity contribution in [3.05, 3.63) is 47.4 Å². The van der Waals surface area contributed by atoms with E-state index in [0.29, 0.717) is 24.5 Å². The highest BCUT2D eigenvalue weighted by atomic mass is 32.1. The van der Waals surface area contributed by atoms with Crippen LogP contribution in [0.5, 0.6) is 0 Å². The first kappa shape index (κ1) is 15.6. The molecule has 1 N–H and O–H groups in total. The molecule has 0 spiro atoms. The van der Waals surface area contributed by atoms with Gasteiger partial charge in [0.2, 0.25) is 0 Å². The van der Waals surface area contributed by atoms with E-state index < -0.39 is 0 Å². The summed E-state index contributed by atoms with van der Waals surface area (Å²) in [5.41, 5.74) is 1.77. The number of imidazole rings is 1. The van der Waals surface area contributed by atoms with Crippen molar-refractivity contribution in [1.82, 2.24) is 14.7 Å². The van der Waals surface area contributed by atoms with Crippen molar-refractivity contribution in [2.75, 3.05) is 20.3 Å². The predicted octanol–water partition coefficient (Wildman–Crippen LogP) is 2.97. The average molecular weight is 333 g/mol. The molecule has 0 atom stereocenters. The van der Waals surface area contributed by atoms with Crippen molar-refractivity contribution < 1.29 is 13.9 Å². The quantitative estimate of drug-likeness (QED) is 0.706. The van der Waals surface area contributed by atoms with Gasteiger partial charge < -0.3 is 10.1 Å². The zero-order valence-electron chi connectivity index (χ0n) is 12.6. The summed E-state index contributed by atoms with van der Waals surface area (Å²) < 4.78 is 20.0. The monoisotopic (exact) mass is 333 g/mol. The van der Waals surface area contributed by atoms with Gasteiger partial charge in [-0.3, -0.25) is 9.20 Å². The number of methoxy groups -OCH3 is 1. The Morgan fingerprint density at radius 2 is 2.17 bits per heavy atom. The van der Waals surface area contributed by atoms with Crippen molar-refractivity contribution in [2.24, 2.45) is 0 Å². The van der Waals surface area contributed by atoms with E-state index in [9.17, 15) is 9.18 Å². The standard InChI is InChI=1S/C16H16FN3O2S/c1-22-9-2-7-18-15(21)13-14(11-3-5-12(17)6-4-11)20-8-10-23-16(20)19-13/h3-6,8,10H,2,7,9H2,1H3,(H,18,21). The van der Waals surface area contributed by atoms with Crippen LogP contribution in [-0.2, 0) is 4.74 Å². The van der Waals surface area contributed by atoms with E-state index in [1.807, 2.05) is 16.0 Å². The second-order valence-corrected chi connectivity index (χ2v) is 5.85. The van der Waals surface area contributed by atoms with Gasteiger partial charge in [0.1, 0.15) is 5.82 Å². The fraction of sp³-hybridized carbons (Fsp3) is 0.250. The lowest BCUT2D eigenvalue weighted by atomic mass is 10.1. The summed E-state index contributed by atoms with van der Waals surface area (Å²) in [4.78, 5) is 17.6. The van der Waals surface area contributed by atoms with Gasteiger partial charge in [0.05, 0.1) is 5.69 Å². The summed E-state index contributed by atoms with van der Waals surface area (Å²) in [6, 6.07) is 6.05. The molecule has 3 aromatic rings. The Hall–Kier alpha value is -2.25. The van der Waals surface area contributed by atoms with Crippen LogP contribution in [0.1, 0.15) is 16.9 Å². The van der Waals surface area contributed by atoms with E-state index in [1.165, 1.54) is 23.5 Å². The van der Waals surface area contributed by atoms with Crippen molar-refractivity contribution in [2.45, 2.75) is 6.42 Å². The van der Waals surface area contributed by atoms with Gasteiger partial charge >= 0.3 is 0 Å². The number of hydrogen-bond donors (Lipinski definition) is 1. The Labute approximate surface area is 136 Å². The van der Waals surface area contributed by atoms with Gasteiger partial charge in [-0.2, -0.15) is 0 Å². The minimum absolute atomic E-state index is 0.240. The number of nitrogens with zero attached hydrogens (tertiary/aromatic N) is 2. The summed E-state index contributed by atoms with van der Waals surface area (Å²) in [6.07, 6.45) is 2.59. The summed E-state index contributed by atoms with van der Waals surface area (Å²) in [6.45, 7) is 1.10. The smallest absolute Gasteiger partial charge is 0.272 e. The highest BCUT2D eigenvalue weighted by molar-refractivity contribution is 7.15. The van der Waals surface area contributed by atoms with E-state index >= 15 is 0 Å². The van der Waals surface area contributed by atoms with Gasteiger partial charge in [0, 0.05) is 37.4 Å². The largest absolute Gasteiger partial charge is 0.385 e. The number of carbonyl (C=O) groups is 1. The Bertz CT molecular complexity index is 810. The second-order valence-electron chi connectivity index (χ2n) is 4.97. The zero-order valence-corrected chi connectivity index (χ0v) is 13.4. The van der Waals surface area contributed by atoms with E-state index in [4.69, 9.17) is 4.74 Å².